The van der Waals surface area contributed by atoms with Gasteiger partial charge in [0, 0.05) is 25.0 Å². The van der Waals surface area contributed by atoms with Crippen LogP contribution in [-0.4, -0.2) is 17.0 Å². The number of phenolic OH excluding ortho intramolecular Hbond substituents is 1. The molecule has 1 aromatic carbocycles. The second-order valence-electron chi connectivity index (χ2n) is 3.49. The van der Waals surface area contributed by atoms with Crippen molar-refractivity contribution in [1.82, 2.24) is 0 Å². The molecule has 1 N–H and O–H groups in total. The summed E-state index contributed by atoms with van der Waals surface area (Å²) in [5.74, 6) is -0.862. The molecular weight excluding hydrogens is 224 g/mol. The van der Waals surface area contributed by atoms with Crippen molar-refractivity contribution in [2.75, 3.05) is 0 Å². The first kappa shape index (κ1) is 13.0. The molecule has 0 aromatic heterocycles. The van der Waals surface area contributed by atoms with Gasteiger partial charge in [-0.3, -0.25) is 9.59 Å². The van der Waals surface area contributed by atoms with E-state index in [4.69, 9.17) is 9.47 Å². The van der Waals surface area contributed by atoms with Crippen LogP contribution in [0, 0.1) is 0 Å². The van der Waals surface area contributed by atoms with Crippen molar-refractivity contribution in [3.05, 3.63) is 29.3 Å². The number of esters is 2. The van der Waals surface area contributed by atoms with Crippen LogP contribution in [0.1, 0.15) is 25.0 Å². The average molecular weight is 238 g/mol. The van der Waals surface area contributed by atoms with E-state index < -0.39 is 11.9 Å². The van der Waals surface area contributed by atoms with Crippen molar-refractivity contribution in [1.29, 1.82) is 0 Å². The molecule has 5 nitrogen and oxygen atoms in total. The van der Waals surface area contributed by atoms with Gasteiger partial charge in [0.25, 0.3) is 0 Å². The maximum absolute atomic E-state index is 10.7. The SMILES string of the molecule is CC(=O)OCc1cccc(COC(C)=O)c1O. The molecule has 0 radical (unpaired) electrons. The number of carbonyl (C=O) groups excluding carboxylic acids is 2. The number of para-hydroxylation sites is 1. The van der Waals surface area contributed by atoms with Crippen LogP contribution in [0.15, 0.2) is 18.2 Å². The van der Waals surface area contributed by atoms with Gasteiger partial charge in [-0.1, -0.05) is 18.2 Å². The quantitative estimate of drug-likeness (QED) is 0.805. The van der Waals surface area contributed by atoms with Gasteiger partial charge in [0.1, 0.15) is 19.0 Å². The van der Waals surface area contributed by atoms with Gasteiger partial charge in [-0.25, -0.2) is 0 Å². The Labute approximate surface area is 99.0 Å². The first-order valence-corrected chi connectivity index (χ1v) is 5.07. The van der Waals surface area contributed by atoms with Crippen molar-refractivity contribution < 1.29 is 24.2 Å². The van der Waals surface area contributed by atoms with Gasteiger partial charge in [0.05, 0.1) is 0 Å². The van der Waals surface area contributed by atoms with Gasteiger partial charge in [-0.15, -0.1) is 0 Å². The first-order chi connectivity index (χ1) is 8.00. The van der Waals surface area contributed by atoms with Gasteiger partial charge < -0.3 is 14.6 Å². The summed E-state index contributed by atoms with van der Waals surface area (Å²) in [6, 6.07) is 4.96. The molecule has 0 saturated heterocycles. The molecule has 0 unspecified atom stereocenters. The summed E-state index contributed by atoms with van der Waals surface area (Å²) >= 11 is 0. The van der Waals surface area contributed by atoms with Crippen molar-refractivity contribution in [3.8, 4) is 5.75 Å². The topological polar surface area (TPSA) is 72.8 Å². The fourth-order valence-electron chi connectivity index (χ4n) is 1.24. The minimum absolute atomic E-state index is 0.00488. The van der Waals surface area contributed by atoms with E-state index in [0.717, 1.165) is 0 Å². The molecule has 5 heteroatoms. The van der Waals surface area contributed by atoms with Gasteiger partial charge >= 0.3 is 11.9 Å². The van der Waals surface area contributed by atoms with Crippen LogP contribution in [0.5, 0.6) is 5.75 Å². The summed E-state index contributed by atoms with van der Waals surface area (Å²) in [5, 5.41) is 9.83. The minimum atomic E-state index is -0.421. The molecule has 92 valence electrons. The van der Waals surface area contributed by atoms with E-state index in [0.29, 0.717) is 11.1 Å². The second kappa shape index (κ2) is 5.89. The van der Waals surface area contributed by atoms with Crippen LogP contribution in [0.4, 0.5) is 0 Å². The lowest BCUT2D eigenvalue weighted by molar-refractivity contribution is -0.142. The van der Waals surface area contributed by atoms with E-state index in [1.807, 2.05) is 0 Å². The number of hydrogen-bond donors (Lipinski definition) is 1. The highest BCUT2D eigenvalue weighted by atomic mass is 16.5. The maximum atomic E-state index is 10.7. The third-order valence-electron chi connectivity index (χ3n) is 2.07. The Hall–Kier alpha value is -2.04. The van der Waals surface area contributed by atoms with Crippen LogP contribution in [-0.2, 0) is 32.3 Å². The minimum Gasteiger partial charge on any atom is -0.507 e. The summed E-state index contributed by atoms with van der Waals surface area (Å²) in [6.45, 7) is 2.57. The Bertz CT molecular complexity index is 389. The monoisotopic (exact) mass is 238 g/mol. The Balaban J connectivity index is 2.76. The molecule has 17 heavy (non-hydrogen) atoms. The zero-order valence-electron chi connectivity index (χ0n) is 9.73. The van der Waals surface area contributed by atoms with E-state index in [1.165, 1.54) is 13.8 Å². The average Bonchev–Trinajstić information content (AvgIpc) is 2.25. The molecule has 0 bridgehead atoms. The molecule has 0 heterocycles. The fourth-order valence-corrected chi connectivity index (χ4v) is 1.24. The molecule has 0 aliphatic heterocycles. The summed E-state index contributed by atoms with van der Waals surface area (Å²) in [5.41, 5.74) is 0.953. The fraction of sp³-hybridized carbons (Fsp3) is 0.333. The molecule has 0 aliphatic rings. The number of aromatic hydroxyl groups is 1. The number of phenols is 1. The molecule has 0 spiro atoms. The highest BCUT2D eigenvalue weighted by Gasteiger charge is 2.09. The number of hydrogen-bond acceptors (Lipinski definition) is 5. The summed E-state index contributed by atoms with van der Waals surface area (Å²) in [4.78, 5) is 21.3. The zero-order chi connectivity index (χ0) is 12.8. The molecule has 1 aromatic rings. The number of carbonyl (C=O) groups is 2. The van der Waals surface area contributed by atoms with Crippen LogP contribution in [0.25, 0.3) is 0 Å². The molecule has 0 fully saturated rings. The molecule has 0 saturated carbocycles. The molecule has 0 amide bonds. The van der Waals surface area contributed by atoms with Crippen LogP contribution < -0.4 is 0 Å². The highest BCUT2D eigenvalue weighted by Crippen LogP contribution is 2.23. The van der Waals surface area contributed by atoms with E-state index >= 15 is 0 Å². The summed E-state index contributed by atoms with van der Waals surface area (Å²) in [6.07, 6.45) is 0. The number of rotatable bonds is 4. The first-order valence-electron chi connectivity index (χ1n) is 5.07. The smallest absolute Gasteiger partial charge is 0.302 e. The normalized spacial score (nSPS) is 9.76. The van der Waals surface area contributed by atoms with Crippen molar-refractivity contribution in [2.45, 2.75) is 27.1 Å². The van der Waals surface area contributed by atoms with Crippen molar-refractivity contribution in [2.24, 2.45) is 0 Å². The summed E-state index contributed by atoms with van der Waals surface area (Å²) < 4.78 is 9.57. The second-order valence-corrected chi connectivity index (χ2v) is 3.49. The van der Waals surface area contributed by atoms with E-state index in [2.05, 4.69) is 0 Å². The lowest BCUT2D eigenvalue weighted by Crippen LogP contribution is -2.02. The Morgan fingerprint density at radius 3 is 1.82 bits per heavy atom. The lowest BCUT2D eigenvalue weighted by atomic mass is 10.1. The van der Waals surface area contributed by atoms with Crippen LogP contribution in [0.3, 0.4) is 0 Å². The van der Waals surface area contributed by atoms with Crippen molar-refractivity contribution >= 4 is 11.9 Å². The van der Waals surface area contributed by atoms with Gasteiger partial charge in [0.15, 0.2) is 0 Å². The molecule has 0 atom stereocenters. The Morgan fingerprint density at radius 2 is 1.47 bits per heavy atom. The predicted molar refractivity (Wildman–Crippen MR) is 59.0 cm³/mol. The van der Waals surface area contributed by atoms with Gasteiger partial charge in [-0.05, 0) is 0 Å². The largest absolute Gasteiger partial charge is 0.507 e. The van der Waals surface area contributed by atoms with Crippen molar-refractivity contribution in [3.63, 3.8) is 0 Å². The highest BCUT2D eigenvalue weighted by molar-refractivity contribution is 5.66. The zero-order valence-corrected chi connectivity index (χ0v) is 9.73. The molecule has 0 aliphatic carbocycles. The van der Waals surface area contributed by atoms with E-state index in [1.54, 1.807) is 18.2 Å². The van der Waals surface area contributed by atoms with E-state index in [-0.39, 0.29) is 19.0 Å². The standard InChI is InChI=1S/C12H14O5/c1-8(13)16-6-10-4-3-5-11(12(10)15)7-17-9(2)14/h3-5,15H,6-7H2,1-2H3. The Morgan fingerprint density at radius 1 is 1.06 bits per heavy atom. The summed E-state index contributed by atoms with van der Waals surface area (Å²) in [7, 11) is 0. The third kappa shape index (κ3) is 4.14. The van der Waals surface area contributed by atoms with Crippen LogP contribution >= 0.6 is 0 Å². The van der Waals surface area contributed by atoms with Gasteiger partial charge in [-0.2, -0.15) is 0 Å². The predicted octanol–water partition coefficient (Wildman–Crippen LogP) is 1.52. The molecule has 1 rings (SSSR count). The third-order valence-corrected chi connectivity index (χ3v) is 2.07. The van der Waals surface area contributed by atoms with E-state index in [9.17, 15) is 14.7 Å². The van der Waals surface area contributed by atoms with Crippen LogP contribution in [0.2, 0.25) is 0 Å². The molecular formula is C12H14O5. The number of ether oxygens (including phenoxy) is 2. The number of benzene rings is 1. The van der Waals surface area contributed by atoms with Gasteiger partial charge in [0.2, 0.25) is 0 Å². The maximum Gasteiger partial charge on any atom is 0.302 e. The Kier molecular flexibility index (Phi) is 4.51. The lowest BCUT2D eigenvalue weighted by Gasteiger charge is -2.09.